The quantitative estimate of drug-likeness (QED) is 0.538. The van der Waals surface area contributed by atoms with Crippen LogP contribution in [0.25, 0.3) is 0 Å². The van der Waals surface area contributed by atoms with Crippen molar-refractivity contribution in [1.82, 2.24) is 9.78 Å². The van der Waals surface area contributed by atoms with Crippen LogP contribution in [0.5, 0.6) is 0 Å². The van der Waals surface area contributed by atoms with Gasteiger partial charge >= 0.3 is 5.97 Å². The molecule has 0 unspecified atom stereocenters. The number of aromatic nitrogens is 2. The number of carbonyl (C=O) groups is 1. The number of hydrogen-bond donors (Lipinski definition) is 0. The molecule has 1 aromatic rings. The fraction of sp³-hybridized carbons (Fsp3) is 0.286. The lowest BCUT2D eigenvalue weighted by Crippen LogP contribution is -2.10. The normalized spacial score (nSPS) is 16.1. The van der Waals surface area contributed by atoms with Crippen LogP contribution in [0.1, 0.15) is 5.69 Å². The van der Waals surface area contributed by atoms with Gasteiger partial charge in [-0.1, -0.05) is 0 Å². The maximum atomic E-state index is 10.7. The second-order valence-corrected chi connectivity index (χ2v) is 2.44. The summed E-state index contributed by atoms with van der Waals surface area (Å²) in [6, 6.07) is 1.75. The van der Waals surface area contributed by atoms with Gasteiger partial charge in [-0.3, -0.25) is 4.68 Å². The van der Waals surface area contributed by atoms with Crippen LogP contribution in [0, 0.1) is 0 Å². The van der Waals surface area contributed by atoms with E-state index in [9.17, 15) is 4.79 Å². The summed E-state index contributed by atoms with van der Waals surface area (Å²) in [4.78, 5) is 14.6. The Kier molecular flexibility index (Phi) is 1.43. The van der Waals surface area contributed by atoms with Gasteiger partial charge in [0.15, 0.2) is 0 Å². The zero-order valence-corrected chi connectivity index (χ0v) is 6.52. The van der Waals surface area contributed by atoms with Gasteiger partial charge in [-0.25, -0.2) is 9.79 Å². The first kappa shape index (κ1) is 7.02. The summed E-state index contributed by atoms with van der Waals surface area (Å²) in [6.45, 7) is 0.112. The van der Waals surface area contributed by atoms with Crippen LogP contribution < -0.4 is 0 Å². The van der Waals surface area contributed by atoms with Crippen LogP contribution in [-0.2, 0) is 16.6 Å². The second-order valence-electron chi connectivity index (χ2n) is 2.44. The van der Waals surface area contributed by atoms with Crippen molar-refractivity contribution in [3.63, 3.8) is 0 Å². The van der Waals surface area contributed by atoms with Gasteiger partial charge in [0.1, 0.15) is 12.2 Å². The van der Waals surface area contributed by atoms with Crippen LogP contribution in [0.3, 0.4) is 0 Å². The van der Waals surface area contributed by atoms with Gasteiger partial charge < -0.3 is 4.74 Å². The first-order valence-corrected chi connectivity index (χ1v) is 3.51. The number of ether oxygens (including phenoxy) is 1. The lowest BCUT2D eigenvalue weighted by molar-refractivity contribution is -0.132. The maximum absolute atomic E-state index is 10.7. The fourth-order valence-electron chi connectivity index (χ4n) is 1.03. The number of esters is 1. The average Bonchev–Trinajstić information content (AvgIpc) is 2.58. The molecule has 0 saturated heterocycles. The molecular weight excluding hydrogens is 158 g/mol. The van der Waals surface area contributed by atoms with Crippen molar-refractivity contribution in [2.24, 2.45) is 12.0 Å². The second kappa shape index (κ2) is 2.44. The molecule has 0 aromatic carbocycles. The van der Waals surface area contributed by atoms with E-state index >= 15 is 0 Å². The Morgan fingerprint density at radius 2 is 2.50 bits per heavy atom. The lowest BCUT2D eigenvalue weighted by atomic mass is 10.4. The Labute approximate surface area is 68.7 Å². The van der Waals surface area contributed by atoms with Crippen molar-refractivity contribution < 1.29 is 9.53 Å². The maximum Gasteiger partial charge on any atom is 0.334 e. The highest BCUT2D eigenvalue weighted by atomic mass is 16.6. The minimum Gasteiger partial charge on any atom is -0.404 e. The van der Waals surface area contributed by atoms with Gasteiger partial charge in [-0.2, -0.15) is 5.10 Å². The zero-order chi connectivity index (χ0) is 8.55. The van der Waals surface area contributed by atoms with Crippen molar-refractivity contribution in [2.45, 2.75) is 0 Å². The third-order valence-electron chi connectivity index (χ3n) is 1.60. The molecule has 0 radical (unpaired) electrons. The highest BCUT2D eigenvalue weighted by molar-refractivity contribution is 6.03. The molecule has 0 bridgehead atoms. The van der Waals surface area contributed by atoms with Gasteiger partial charge in [0.05, 0.1) is 0 Å². The van der Waals surface area contributed by atoms with Crippen molar-refractivity contribution in [2.75, 3.05) is 6.54 Å². The van der Waals surface area contributed by atoms with E-state index in [2.05, 4.69) is 10.1 Å². The molecule has 1 aliphatic heterocycles. The summed E-state index contributed by atoms with van der Waals surface area (Å²) in [7, 11) is 1.77. The molecule has 0 aliphatic carbocycles. The predicted molar refractivity (Wildman–Crippen MR) is 40.7 cm³/mol. The summed E-state index contributed by atoms with van der Waals surface area (Å²) in [5.74, 6) is 0.0474. The molecule has 5 heteroatoms. The van der Waals surface area contributed by atoms with Crippen molar-refractivity contribution in [3.8, 4) is 0 Å². The van der Waals surface area contributed by atoms with Gasteiger partial charge in [-0.15, -0.1) is 0 Å². The highest BCUT2D eigenvalue weighted by Crippen LogP contribution is 2.06. The zero-order valence-electron chi connectivity index (χ0n) is 6.52. The Balaban J connectivity index is 2.33. The summed E-state index contributed by atoms with van der Waals surface area (Å²) in [5, 5.41) is 3.93. The molecule has 2 rings (SSSR count). The molecular formula is C7H7N3O2. The number of hydrogen-bond acceptors (Lipinski definition) is 4. The number of rotatable bonds is 1. The molecule has 0 fully saturated rings. The molecule has 0 atom stereocenters. The smallest absolute Gasteiger partial charge is 0.334 e. The highest BCUT2D eigenvalue weighted by Gasteiger charge is 2.19. The van der Waals surface area contributed by atoms with Crippen molar-refractivity contribution in [3.05, 3.63) is 18.0 Å². The van der Waals surface area contributed by atoms with Gasteiger partial charge in [0.25, 0.3) is 0 Å². The van der Waals surface area contributed by atoms with E-state index in [1.807, 2.05) is 0 Å². The minimum atomic E-state index is -0.314. The molecule has 1 aromatic heterocycles. The van der Waals surface area contributed by atoms with Crippen LogP contribution in [0.15, 0.2) is 17.3 Å². The minimum absolute atomic E-state index is 0.112. The van der Waals surface area contributed by atoms with Crippen LogP contribution in [0.2, 0.25) is 0 Å². The SMILES string of the molecule is Cn1nccc1C1=NCC(=O)O1. The van der Waals surface area contributed by atoms with Crippen molar-refractivity contribution >= 4 is 11.9 Å². The Morgan fingerprint density at radius 1 is 1.67 bits per heavy atom. The predicted octanol–water partition coefficient (Wildman–Crippen LogP) is -0.276. The van der Waals surface area contributed by atoms with Crippen LogP contribution >= 0.6 is 0 Å². The van der Waals surface area contributed by atoms with E-state index in [-0.39, 0.29) is 12.5 Å². The van der Waals surface area contributed by atoms with Crippen LogP contribution in [0.4, 0.5) is 0 Å². The number of aliphatic imine (C=N–C) groups is 1. The Bertz CT molecular complexity index is 353. The van der Waals surface area contributed by atoms with E-state index in [0.29, 0.717) is 5.90 Å². The van der Waals surface area contributed by atoms with E-state index in [4.69, 9.17) is 4.74 Å². The van der Waals surface area contributed by atoms with E-state index in [0.717, 1.165) is 5.69 Å². The molecule has 0 N–H and O–H groups in total. The van der Waals surface area contributed by atoms with E-state index < -0.39 is 0 Å². The number of aryl methyl sites for hydroxylation is 1. The van der Waals surface area contributed by atoms with Crippen molar-refractivity contribution in [1.29, 1.82) is 0 Å². The molecule has 62 valence electrons. The molecule has 2 heterocycles. The Morgan fingerprint density at radius 3 is 3.00 bits per heavy atom. The Hall–Kier alpha value is -1.65. The largest absolute Gasteiger partial charge is 0.404 e. The third kappa shape index (κ3) is 0.990. The van der Waals surface area contributed by atoms with Gasteiger partial charge in [0.2, 0.25) is 5.90 Å². The molecule has 0 amide bonds. The molecule has 1 aliphatic rings. The molecule has 12 heavy (non-hydrogen) atoms. The lowest BCUT2D eigenvalue weighted by Gasteiger charge is -1.98. The summed E-state index contributed by atoms with van der Waals surface area (Å²) in [6.07, 6.45) is 1.63. The first-order valence-electron chi connectivity index (χ1n) is 3.51. The summed E-state index contributed by atoms with van der Waals surface area (Å²) >= 11 is 0. The average molecular weight is 165 g/mol. The summed E-state index contributed by atoms with van der Waals surface area (Å²) < 4.78 is 6.45. The number of carbonyl (C=O) groups excluding carboxylic acids is 1. The van der Waals surface area contributed by atoms with E-state index in [1.165, 1.54) is 0 Å². The summed E-state index contributed by atoms with van der Waals surface area (Å²) in [5.41, 5.74) is 0.723. The number of nitrogens with zero attached hydrogens (tertiary/aromatic N) is 3. The molecule has 5 nitrogen and oxygen atoms in total. The first-order chi connectivity index (χ1) is 5.77. The fourth-order valence-corrected chi connectivity index (χ4v) is 1.03. The van der Waals surface area contributed by atoms with Gasteiger partial charge in [0, 0.05) is 13.2 Å². The van der Waals surface area contributed by atoms with Gasteiger partial charge in [-0.05, 0) is 6.07 Å². The monoisotopic (exact) mass is 165 g/mol. The standard InChI is InChI=1S/C7H7N3O2/c1-10-5(2-3-9-10)7-8-4-6(11)12-7/h2-3H,4H2,1H3. The topological polar surface area (TPSA) is 56.5 Å². The number of cyclic esters (lactones) is 1. The third-order valence-corrected chi connectivity index (χ3v) is 1.60. The molecule has 0 spiro atoms. The van der Waals surface area contributed by atoms with E-state index in [1.54, 1.807) is 24.0 Å². The molecule has 0 saturated carbocycles. The van der Waals surface area contributed by atoms with Crippen LogP contribution in [-0.4, -0.2) is 28.2 Å².